The Morgan fingerprint density at radius 1 is 1.53 bits per heavy atom. The molecule has 1 N–H and O–H groups in total. The minimum atomic E-state index is -0.728. The monoisotopic (exact) mass is 254 g/mol. The van der Waals surface area contributed by atoms with Crippen molar-refractivity contribution >= 4 is 17.6 Å². The van der Waals surface area contributed by atoms with E-state index in [0.29, 0.717) is 17.2 Å². The van der Waals surface area contributed by atoms with Gasteiger partial charge in [-0.15, -0.1) is 0 Å². The van der Waals surface area contributed by atoms with Gasteiger partial charge in [0.1, 0.15) is 5.75 Å². The van der Waals surface area contributed by atoms with E-state index in [1.165, 1.54) is 0 Å². The van der Waals surface area contributed by atoms with Crippen LogP contribution in [0.4, 0.5) is 0 Å². The molecular formula is C13H15ClO3. The first-order valence-corrected chi connectivity index (χ1v) is 6.05. The maximum Gasteiger partial charge on any atom is 0.307 e. The predicted octanol–water partition coefficient (Wildman–Crippen LogP) is 3.32. The summed E-state index contributed by atoms with van der Waals surface area (Å²) in [7, 11) is 0. The molecule has 0 amide bonds. The fraction of sp³-hybridized carbons (Fsp3) is 0.462. The highest BCUT2D eigenvalue weighted by Crippen LogP contribution is 2.48. The smallest absolute Gasteiger partial charge is 0.307 e. The highest BCUT2D eigenvalue weighted by molar-refractivity contribution is 6.32. The fourth-order valence-corrected chi connectivity index (χ4v) is 2.17. The van der Waals surface area contributed by atoms with Crippen LogP contribution >= 0.6 is 11.6 Å². The molecule has 0 aliphatic heterocycles. The Balaban J connectivity index is 2.12. The third-order valence-electron chi connectivity index (χ3n) is 2.85. The lowest BCUT2D eigenvalue weighted by atomic mass is 10.1. The molecule has 0 saturated heterocycles. The molecule has 2 rings (SSSR count). The first kappa shape index (κ1) is 12.2. The summed E-state index contributed by atoms with van der Waals surface area (Å²) in [4.78, 5) is 10.8. The standard InChI is InChI=1S/C13H15ClO3/c1-7(2)17-12-4-3-8(5-11(12)14)9-6-10(9)13(15)16/h3-5,7,9-10H,6H2,1-2H3,(H,15,16). The zero-order chi connectivity index (χ0) is 12.6. The lowest BCUT2D eigenvalue weighted by Crippen LogP contribution is -2.06. The molecule has 1 aliphatic carbocycles. The molecule has 3 nitrogen and oxygen atoms in total. The number of hydrogen-bond donors (Lipinski definition) is 1. The zero-order valence-electron chi connectivity index (χ0n) is 9.81. The second kappa shape index (κ2) is 4.57. The van der Waals surface area contributed by atoms with Gasteiger partial charge in [-0.05, 0) is 43.9 Å². The third kappa shape index (κ3) is 2.72. The molecule has 4 heteroatoms. The van der Waals surface area contributed by atoms with Gasteiger partial charge in [0.15, 0.2) is 0 Å². The van der Waals surface area contributed by atoms with E-state index in [1.807, 2.05) is 32.0 Å². The predicted molar refractivity (Wildman–Crippen MR) is 65.7 cm³/mol. The van der Waals surface area contributed by atoms with Crippen molar-refractivity contribution in [2.24, 2.45) is 5.92 Å². The summed E-state index contributed by atoms with van der Waals surface area (Å²) in [5, 5.41) is 9.42. The topological polar surface area (TPSA) is 46.5 Å². The summed E-state index contributed by atoms with van der Waals surface area (Å²) in [6.45, 7) is 3.87. The maximum absolute atomic E-state index is 10.8. The maximum atomic E-state index is 10.8. The Bertz CT molecular complexity index is 442. The summed E-state index contributed by atoms with van der Waals surface area (Å²) in [5.41, 5.74) is 0.985. The Kier molecular flexibility index (Phi) is 3.29. The van der Waals surface area contributed by atoms with Crippen molar-refractivity contribution in [3.63, 3.8) is 0 Å². The van der Waals surface area contributed by atoms with Crippen molar-refractivity contribution < 1.29 is 14.6 Å². The first-order valence-electron chi connectivity index (χ1n) is 5.68. The second-order valence-corrected chi connectivity index (χ2v) is 5.05. The largest absolute Gasteiger partial charge is 0.489 e. The average molecular weight is 255 g/mol. The van der Waals surface area contributed by atoms with Crippen LogP contribution in [0.15, 0.2) is 18.2 Å². The van der Waals surface area contributed by atoms with Gasteiger partial charge in [0.05, 0.1) is 17.0 Å². The molecule has 0 radical (unpaired) electrons. The number of carboxylic acids is 1. The van der Waals surface area contributed by atoms with E-state index in [1.54, 1.807) is 0 Å². The van der Waals surface area contributed by atoms with Crippen molar-refractivity contribution in [3.05, 3.63) is 28.8 Å². The van der Waals surface area contributed by atoms with Crippen LogP contribution in [0.5, 0.6) is 5.75 Å². The van der Waals surface area contributed by atoms with Crippen LogP contribution in [-0.4, -0.2) is 17.2 Å². The lowest BCUT2D eigenvalue weighted by Gasteiger charge is -2.12. The summed E-state index contributed by atoms with van der Waals surface area (Å²) in [6.07, 6.45) is 0.779. The highest BCUT2D eigenvalue weighted by atomic mass is 35.5. The number of hydrogen-bond acceptors (Lipinski definition) is 2. The lowest BCUT2D eigenvalue weighted by molar-refractivity contribution is -0.138. The van der Waals surface area contributed by atoms with Crippen LogP contribution < -0.4 is 4.74 Å². The fourth-order valence-electron chi connectivity index (χ4n) is 1.93. The van der Waals surface area contributed by atoms with Crippen LogP contribution in [0.2, 0.25) is 5.02 Å². The van der Waals surface area contributed by atoms with Gasteiger partial charge in [0.2, 0.25) is 0 Å². The number of benzene rings is 1. The Morgan fingerprint density at radius 2 is 2.24 bits per heavy atom. The number of rotatable bonds is 4. The van der Waals surface area contributed by atoms with Crippen LogP contribution in [-0.2, 0) is 4.79 Å². The van der Waals surface area contributed by atoms with Crippen molar-refractivity contribution in [1.82, 2.24) is 0 Å². The normalized spacial score (nSPS) is 22.6. The van der Waals surface area contributed by atoms with E-state index < -0.39 is 5.97 Å². The highest BCUT2D eigenvalue weighted by Gasteiger charge is 2.44. The van der Waals surface area contributed by atoms with E-state index in [0.717, 1.165) is 5.56 Å². The molecule has 0 aromatic heterocycles. The number of carbonyl (C=O) groups is 1. The Labute approximate surface area is 105 Å². The number of halogens is 1. The van der Waals surface area contributed by atoms with Crippen molar-refractivity contribution in [2.75, 3.05) is 0 Å². The Morgan fingerprint density at radius 3 is 2.71 bits per heavy atom. The summed E-state index contributed by atoms with van der Waals surface area (Å²) < 4.78 is 5.53. The van der Waals surface area contributed by atoms with E-state index in [-0.39, 0.29) is 17.9 Å². The van der Waals surface area contributed by atoms with E-state index in [4.69, 9.17) is 21.4 Å². The number of ether oxygens (including phenoxy) is 1. The molecule has 0 spiro atoms. The van der Waals surface area contributed by atoms with Gasteiger partial charge in [-0.25, -0.2) is 0 Å². The minimum Gasteiger partial charge on any atom is -0.489 e. The van der Waals surface area contributed by atoms with Gasteiger partial charge in [0, 0.05) is 0 Å². The van der Waals surface area contributed by atoms with Gasteiger partial charge in [0.25, 0.3) is 0 Å². The van der Waals surface area contributed by atoms with Crippen LogP contribution in [0.3, 0.4) is 0 Å². The summed E-state index contributed by atoms with van der Waals surface area (Å²) in [6, 6.07) is 5.53. The van der Waals surface area contributed by atoms with Crippen LogP contribution in [0, 0.1) is 5.92 Å². The second-order valence-electron chi connectivity index (χ2n) is 4.64. The minimum absolute atomic E-state index is 0.0750. The molecule has 0 bridgehead atoms. The molecule has 1 aliphatic rings. The molecule has 92 valence electrons. The van der Waals surface area contributed by atoms with Gasteiger partial charge in [-0.3, -0.25) is 4.79 Å². The molecular weight excluding hydrogens is 240 g/mol. The third-order valence-corrected chi connectivity index (χ3v) is 3.15. The van der Waals surface area contributed by atoms with Crippen molar-refractivity contribution in [2.45, 2.75) is 32.3 Å². The number of carboxylic acid groups (broad SMARTS) is 1. The molecule has 1 saturated carbocycles. The van der Waals surface area contributed by atoms with Gasteiger partial charge in [-0.2, -0.15) is 0 Å². The van der Waals surface area contributed by atoms with E-state index >= 15 is 0 Å². The molecule has 2 unspecified atom stereocenters. The molecule has 1 fully saturated rings. The van der Waals surface area contributed by atoms with Crippen molar-refractivity contribution in [1.29, 1.82) is 0 Å². The van der Waals surface area contributed by atoms with E-state index in [9.17, 15) is 4.79 Å². The van der Waals surface area contributed by atoms with Gasteiger partial charge >= 0.3 is 5.97 Å². The molecule has 17 heavy (non-hydrogen) atoms. The van der Waals surface area contributed by atoms with Crippen LogP contribution in [0.1, 0.15) is 31.7 Å². The molecule has 1 aromatic rings. The van der Waals surface area contributed by atoms with Gasteiger partial charge in [-0.1, -0.05) is 17.7 Å². The Hall–Kier alpha value is -1.22. The number of aliphatic carboxylic acids is 1. The SMILES string of the molecule is CC(C)Oc1ccc(C2CC2C(=O)O)cc1Cl. The average Bonchev–Trinajstić information content (AvgIpc) is 3.00. The van der Waals surface area contributed by atoms with Gasteiger partial charge < -0.3 is 9.84 Å². The first-order chi connectivity index (χ1) is 7.99. The summed E-state index contributed by atoms with van der Waals surface area (Å²) in [5.74, 6) is -0.215. The van der Waals surface area contributed by atoms with E-state index in [2.05, 4.69) is 0 Å². The molecule has 1 aromatic carbocycles. The zero-order valence-corrected chi connectivity index (χ0v) is 10.6. The quantitative estimate of drug-likeness (QED) is 0.897. The molecule has 2 atom stereocenters. The van der Waals surface area contributed by atoms with Crippen molar-refractivity contribution in [3.8, 4) is 5.75 Å². The molecule has 0 heterocycles. The van der Waals surface area contributed by atoms with Crippen LogP contribution in [0.25, 0.3) is 0 Å². The summed E-state index contributed by atoms with van der Waals surface area (Å²) >= 11 is 6.10.